The quantitative estimate of drug-likeness (QED) is 0.530. The zero-order valence-electron chi connectivity index (χ0n) is 14.7. The lowest BCUT2D eigenvalue weighted by atomic mass is 10.0. The Morgan fingerprint density at radius 1 is 1.38 bits per heavy atom. The molecule has 1 aromatic carbocycles. The van der Waals surface area contributed by atoms with Crippen molar-refractivity contribution in [3.05, 3.63) is 41.1 Å². The highest BCUT2D eigenvalue weighted by molar-refractivity contribution is 9.09. The molecule has 2 heterocycles. The molecule has 1 aromatic heterocycles. The Morgan fingerprint density at radius 2 is 2.19 bits per heavy atom. The second kappa shape index (κ2) is 7.90. The summed E-state index contributed by atoms with van der Waals surface area (Å²) < 4.78 is 5.76. The van der Waals surface area contributed by atoms with Crippen LogP contribution < -0.4 is 15.0 Å². The second-order valence-corrected chi connectivity index (χ2v) is 6.50. The van der Waals surface area contributed by atoms with E-state index in [1.165, 1.54) is 6.20 Å². The van der Waals surface area contributed by atoms with Crippen LogP contribution in [0.25, 0.3) is 0 Å². The van der Waals surface area contributed by atoms with Crippen LogP contribution in [-0.2, 0) is 0 Å². The summed E-state index contributed by atoms with van der Waals surface area (Å²) in [5.74, 6) is 1.10. The van der Waals surface area contributed by atoms with Crippen molar-refractivity contribution >= 4 is 33.4 Å². The summed E-state index contributed by atoms with van der Waals surface area (Å²) in [6.45, 7) is 5.17. The first-order chi connectivity index (χ1) is 12.6. The average Bonchev–Trinajstić information content (AvgIpc) is 3.14. The van der Waals surface area contributed by atoms with Crippen LogP contribution in [0.15, 0.2) is 24.4 Å². The number of ketones is 1. The van der Waals surface area contributed by atoms with Crippen LogP contribution in [0.2, 0.25) is 0 Å². The molecule has 0 bridgehead atoms. The summed E-state index contributed by atoms with van der Waals surface area (Å²) in [5.41, 5.74) is 1.84. The average molecular weight is 421 g/mol. The van der Waals surface area contributed by atoms with E-state index in [1.54, 1.807) is 18.2 Å². The van der Waals surface area contributed by atoms with Gasteiger partial charge in [-0.2, -0.15) is 5.10 Å². The Labute approximate surface area is 160 Å². The number of benzene rings is 1. The van der Waals surface area contributed by atoms with Crippen LogP contribution >= 0.6 is 15.9 Å². The number of hydrogen-bond donors (Lipinski definition) is 2. The van der Waals surface area contributed by atoms with Crippen molar-refractivity contribution in [2.45, 2.75) is 26.4 Å². The highest BCUT2D eigenvalue weighted by atomic mass is 79.9. The minimum absolute atomic E-state index is 0.0271. The molecule has 138 valence electrons. The molecule has 2 aromatic rings. The van der Waals surface area contributed by atoms with Crippen molar-refractivity contribution in [2.24, 2.45) is 0 Å². The number of Topliss-reactive ketones (excluding diaryl/α,β-unsaturated/α-hetero) is 1. The summed E-state index contributed by atoms with van der Waals surface area (Å²) >= 11 is 3.21. The topological polar surface area (TPSA) is 87.3 Å². The van der Waals surface area contributed by atoms with Gasteiger partial charge in [0.2, 0.25) is 0 Å². The number of nitrogens with one attached hydrogen (secondary N) is 2. The number of anilines is 1. The largest absolute Gasteiger partial charge is 0.493 e. The molecule has 1 unspecified atom stereocenters. The highest BCUT2D eigenvalue weighted by Gasteiger charge is 2.34. The van der Waals surface area contributed by atoms with E-state index in [-0.39, 0.29) is 17.0 Å². The van der Waals surface area contributed by atoms with E-state index in [0.717, 1.165) is 12.0 Å². The van der Waals surface area contributed by atoms with Gasteiger partial charge in [-0.25, -0.2) is 0 Å². The van der Waals surface area contributed by atoms with Gasteiger partial charge >= 0.3 is 0 Å². The number of hydrogen-bond acceptors (Lipinski definition) is 5. The van der Waals surface area contributed by atoms with Crippen molar-refractivity contribution in [2.75, 3.05) is 23.4 Å². The molecule has 1 aliphatic heterocycles. The van der Waals surface area contributed by atoms with Gasteiger partial charge in [-0.15, -0.1) is 0 Å². The van der Waals surface area contributed by atoms with Gasteiger partial charge in [-0.1, -0.05) is 22.9 Å². The van der Waals surface area contributed by atoms with E-state index in [2.05, 4.69) is 38.4 Å². The lowest BCUT2D eigenvalue weighted by Crippen LogP contribution is -2.47. The molecule has 1 aliphatic rings. The predicted octanol–water partition coefficient (Wildman–Crippen LogP) is 3.04. The molecule has 0 fully saturated rings. The van der Waals surface area contributed by atoms with E-state index in [0.29, 0.717) is 35.8 Å². The zero-order valence-corrected chi connectivity index (χ0v) is 16.3. The maximum absolute atomic E-state index is 12.5. The van der Waals surface area contributed by atoms with Gasteiger partial charge in [0, 0.05) is 17.7 Å². The summed E-state index contributed by atoms with van der Waals surface area (Å²) in [7, 11) is 0. The van der Waals surface area contributed by atoms with Gasteiger partial charge in [-0.05, 0) is 31.5 Å². The van der Waals surface area contributed by atoms with Gasteiger partial charge < -0.3 is 15.0 Å². The molecule has 1 atom stereocenters. The molecule has 0 radical (unpaired) electrons. The number of fused-ring (bicyclic) bond motifs is 1. The molecule has 26 heavy (non-hydrogen) atoms. The number of halogens is 1. The third-order valence-electron chi connectivity index (χ3n) is 4.24. The third-order valence-corrected chi connectivity index (χ3v) is 4.75. The first-order valence-corrected chi connectivity index (χ1v) is 9.69. The number of aromatic amines is 1. The van der Waals surface area contributed by atoms with Crippen LogP contribution in [0.5, 0.6) is 5.75 Å². The smallest absolute Gasteiger partial charge is 0.258 e. The van der Waals surface area contributed by atoms with E-state index >= 15 is 0 Å². The molecular formula is C18H21BrN4O3. The molecular weight excluding hydrogens is 400 g/mol. The maximum Gasteiger partial charge on any atom is 0.258 e. The molecule has 0 saturated heterocycles. The van der Waals surface area contributed by atoms with Crippen LogP contribution in [0, 0.1) is 0 Å². The standard InChI is InChI=1S/C18H21BrN4O3/c1-3-7-23-16(21-18(25)13-10-20-22-17(13)23)12-8-11(14(24)9-19)5-6-15(12)26-4-2/h5-6,8,10,16H,3-4,7,9H2,1-2H3,(H,20,22)(H,21,25). The monoisotopic (exact) mass is 420 g/mol. The predicted molar refractivity (Wildman–Crippen MR) is 102 cm³/mol. The number of carbonyl (C=O) groups is 2. The summed E-state index contributed by atoms with van der Waals surface area (Å²) in [4.78, 5) is 26.7. The Kier molecular flexibility index (Phi) is 5.61. The Balaban J connectivity index is 2.10. The number of carbonyl (C=O) groups excluding carboxylic acids is 2. The molecule has 1 amide bonds. The lowest BCUT2D eigenvalue weighted by Gasteiger charge is -2.37. The third kappa shape index (κ3) is 3.33. The Morgan fingerprint density at radius 3 is 2.88 bits per heavy atom. The lowest BCUT2D eigenvalue weighted by molar-refractivity contribution is 0.0925. The number of amides is 1. The number of alkyl halides is 1. The number of aromatic nitrogens is 2. The second-order valence-electron chi connectivity index (χ2n) is 5.94. The van der Waals surface area contributed by atoms with Gasteiger partial charge in [0.05, 0.1) is 18.1 Å². The van der Waals surface area contributed by atoms with E-state index in [9.17, 15) is 9.59 Å². The van der Waals surface area contributed by atoms with Crippen LogP contribution in [0.1, 0.15) is 52.7 Å². The van der Waals surface area contributed by atoms with Crippen molar-refractivity contribution < 1.29 is 14.3 Å². The van der Waals surface area contributed by atoms with Crippen LogP contribution in [0.4, 0.5) is 5.82 Å². The van der Waals surface area contributed by atoms with Gasteiger partial charge in [0.1, 0.15) is 23.3 Å². The molecule has 0 saturated carbocycles. The minimum atomic E-state index is -0.444. The fourth-order valence-corrected chi connectivity index (χ4v) is 3.42. The Bertz CT molecular complexity index is 821. The molecule has 3 rings (SSSR count). The summed E-state index contributed by atoms with van der Waals surface area (Å²) in [6.07, 6.45) is 1.96. The van der Waals surface area contributed by atoms with Crippen molar-refractivity contribution in [3.63, 3.8) is 0 Å². The molecule has 0 aliphatic carbocycles. The summed E-state index contributed by atoms with van der Waals surface area (Å²) in [5, 5.41) is 10.2. The summed E-state index contributed by atoms with van der Waals surface area (Å²) in [6, 6.07) is 5.32. The molecule has 7 nitrogen and oxygen atoms in total. The Hall–Kier alpha value is -2.35. The minimum Gasteiger partial charge on any atom is -0.493 e. The highest BCUT2D eigenvalue weighted by Crippen LogP contribution is 2.36. The van der Waals surface area contributed by atoms with Crippen molar-refractivity contribution in [3.8, 4) is 5.75 Å². The molecule has 0 spiro atoms. The molecule has 8 heteroatoms. The van der Waals surface area contributed by atoms with Gasteiger partial charge in [0.25, 0.3) is 5.91 Å². The van der Waals surface area contributed by atoms with Gasteiger partial charge in [-0.3, -0.25) is 14.7 Å². The van der Waals surface area contributed by atoms with Crippen LogP contribution in [-0.4, -0.2) is 40.4 Å². The maximum atomic E-state index is 12.5. The first-order valence-electron chi connectivity index (χ1n) is 8.57. The number of rotatable bonds is 7. The SMILES string of the molecule is CCCN1c2[nH]ncc2C(=O)NC1c1cc(C(=O)CBr)ccc1OCC. The first kappa shape index (κ1) is 18.4. The fourth-order valence-electron chi connectivity index (χ4n) is 3.10. The number of nitrogens with zero attached hydrogens (tertiary/aromatic N) is 2. The molecule has 2 N–H and O–H groups in total. The normalized spacial score (nSPS) is 16.2. The van der Waals surface area contributed by atoms with E-state index in [1.807, 2.05) is 11.8 Å². The van der Waals surface area contributed by atoms with E-state index in [4.69, 9.17) is 4.74 Å². The van der Waals surface area contributed by atoms with Crippen LogP contribution in [0.3, 0.4) is 0 Å². The van der Waals surface area contributed by atoms with Crippen molar-refractivity contribution in [1.82, 2.24) is 15.5 Å². The zero-order chi connectivity index (χ0) is 18.7. The fraction of sp³-hybridized carbons (Fsp3) is 0.389. The number of ether oxygens (including phenoxy) is 1. The van der Waals surface area contributed by atoms with Crippen molar-refractivity contribution in [1.29, 1.82) is 0 Å². The van der Waals surface area contributed by atoms with Gasteiger partial charge in [0.15, 0.2) is 5.78 Å². The van der Waals surface area contributed by atoms with E-state index < -0.39 is 6.17 Å². The number of H-pyrrole nitrogens is 1.